The van der Waals surface area contributed by atoms with Crippen LogP contribution in [0.3, 0.4) is 0 Å². The third-order valence-electron chi connectivity index (χ3n) is 14.6. The number of carboxylic acid groups (broad SMARTS) is 1. The molecule has 1 amide bonds. The van der Waals surface area contributed by atoms with Crippen LogP contribution < -0.4 is 30.1 Å². The van der Waals surface area contributed by atoms with Gasteiger partial charge in [-0.1, -0.05) is 35.4 Å². The Bertz CT molecular complexity index is 3230. The van der Waals surface area contributed by atoms with Crippen LogP contribution in [0, 0.1) is 13.8 Å². The second-order valence-corrected chi connectivity index (χ2v) is 19.1. The molecule has 0 aliphatic carbocycles. The highest BCUT2D eigenvalue weighted by Gasteiger charge is 2.36. The highest BCUT2D eigenvalue weighted by Crippen LogP contribution is 2.49. The van der Waals surface area contributed by atoms with Crippen molar-refractivity contribution >= 4 is 57.3 Å². The van der Waals surface area contributed by atoms with E-state index in [1.807, 2.05) is 38.1 Å². The summed E-state index contributed by atoms with van der Waals surface area (Å²) in [5.41, 5.74) is 12.8. The Labute approximate surface area is 388 Å². The van der Waals surface area contributed by atoms with E-state index in [9.17, 15) is 24.3 Å². The van der Waals surface area contributed by atoms with Gasteiger partial charge in [0.15, 0.2) is 5.78 Å². The maximum Gasteiger partial charge on any atom is 0.336 e. The zero-order valence-corrected chi connectivity index (χ0v) is 38.2. The number of aryl methyl sites for hydroxylation is 3. The smallest absolute Gasteiger partial charge is 0.336 e. The van der Waals surface area contributed by atoms with E-state index in [1.54, 1.807) is 41.0 Å². The third kappa shape index (κ3) is 7.12. The van der Waals surface area contributed by atoms with Crippen molar-refractivity contribution in [1.29, 1.82) is 0 Å². The first kappa shape index (κ1) is 42.1. The van der Waals surface area contributed by atoms with Gasteiger partial charge < -0.3 is 20.1 Å². The highest BCUT2D eigenvalue weighted by molar-refractivity contribution is 6.30. The van der Waals surface area contributed by atoms with E-state index in [4.69, 9.17) is 16.3 Å². The number of aromatic carboxylic acids is 1. The van der Waals surface area contributed by atoms with Gasteiger partial charge in [0.05, 0.1) is 23.1 Å². The van der Waals surface area contributed by atoms with Crippen molar-refractivity contribution in [3.63, 3.8) is 0 Å². The van der Waals surface area contributed by atoms with E-state index in [0.717, 1.165) is 127 Å². The lowest BCUT2D eigenvalue weighted by Gasteiger charge is -2.39. The summed E-state index contributed by atoms with van der Waals surface area (Å²) in [6.07, 6.45) is 8.53. The molecule has 0 saturated heterocycles. The van der Waals surface area contributed by atoms with E-state index >= 15 is 0 Å². The largest absolute Gasteiger partial charge is 0.478 e. The van der Waals surface area contributed by atoms with Gasteiger partial charge in [0.25, 0.3) is 5.91 Å². The monoisotopic (exact) mass is 899 g/mol. The molecular weight excluding hydrogens is 848 g/mol. The number of carbonyl (C=O) groups excluding carboxylic acids is 3. The van der Waals surface area contributed by atoms with Gasteiger partial charge >= 0.3 is 5.97 Å². The van der Waals surface area contributed by atoms with Crippen LogP contribution in [0.4, 0.5) is 5.69 Å². The average molecular weight is 900 g/mol. The Hall–Kier alpha value is -6.52. The summed E-state index contributed by atoms with van der Waals surface area (Å²) in [6, 6.07) is 22.3. The highest BCUT2D eigenvalue weighted by atomic mass is 35.5. The molecule has 0 fully saturated rings. The van der Waals surface area contributed by atoms with Crippen molar-refractivity contribution in [3.8, 4) is 11.5 Å². The number of anilines is 1. The number of fused-ring (bicyclic) bond motifs is 5. The molecule has 1 aromatic heterocycles. The molecule has 0 bridgehead atoms. The number of carbonyl (C=O) groups is 4. The second kappa shape index (κ2) is 16.7. The predicted octanol–water partition coefficient (Wildman–Crippen LogP) is 8.06. The Morgan fingerprint density at radius 3 is 2.33 bits per heavy atom. The summed E-state index contributed by atoms with van der Waals surface area (Å²) in [4.78, 5) is 56.9. The summed E-state index contributed by atoms with van der Waals surface area (Å²) < 4.78 is 11.3. The number of hydrogen-bond acceptors (Lipinski definition) is 6. The Balaban J connectivity index is 0.874. The Kier molecular flexibility index (Phi) is 10.7. The summed E-state index contributed by atoms with van der Waals surface area (Å²) in [7, 11) is 0. The summed E-state index contributed by atoms with van der Waals surface area (Å²) in [6.45, 7) is 8.22. The first-order valence-corrected chi connectivity index (χ1v) is 23.9. The van der Waals surface area contributed by atoms with Gasteiger partial charge in [-0.15, -0.1) is 0 Å². The molecule has 0 saturated carbocycles. The SMILES string of the molecule is Cc1ccc2c(c1)c(CC(=O)NCCCC(=O)c1ccc(C3=c4cc5c6c(c4Oc4c3cc3c7c4CCCN7CCC3)CCC[N+]=6CCC5)c(C(=O)O)c1)c(C)n2C(=O)c1ccc(Cl)cc1. The fourth-order valence-electron chi connectivity index (χ4n) is 11.6. The number of nitrogens with one attached hydrogen (secondary N) is 1. The van der Waals surface area contributed by atoms with Gasteiger partial charge in [-0.05, 0) is 130 Å². The quantitative estimate of drug-likeness (QED) is 0.0810. The van der Waals surface area contributed by atoms with Crippen molar-refractivity contribution in [1.82, 2.24) is 14.5 Å². The van der Waals surface area contributed by atoms with Crippen LogP contribution in [0.5, 0.6) is 11.5 Å². The number of ketones is 1. The van der Waals surface area contributed by atoms with Gasteiger partial charge in [0.1, 0.15) is 24.6 Å². The molecule has 0 atom stereocenters. The first-order valence-electron chi connectivity index (χ1n) is 23.6. The number of hydrogen-bond donors (Lipinski definition) is 2. The predicted molar refractivity (Wildman–Crippen MR) is 257 cm³/mol. The number of halogens is 1. The number of ether oxygens (including phenoxy) is 1. The standard InChI is InChI=1S/C55H51ClN4O6/c1-31-13-20-46-42(26-31)41(32(2)60(46)54(63)33-14-17-37(56)18-15-33)30-48(62)57-21-3-12-47(61)34-16-19-38(43(27-34)55(64)65)49-44-28-35-8-4-22-58-24-6-10-39(50(35)58)52(44)66-53-40-11-7-25-59-23-5-9-36(51(40)59)29-45(49)53/h13-20,26-29H,3-12,21-25,30H2,1-2H3,(H-,57,62,64,65)/p+1. The van der Waals surface area contributed by atoms with Gasteiger partial charge in [-0.25, -0.2) is 9.37 Å². The van der Waals surface area contributed by atoms with Crippen LogP contribution in [0.25, 0.3) is 16.5 Å². The number of aromatic nitrogens is 1. The molecule has 11 heteroatoms. The van der Waals surface area contributed by atoms with E-state index in [2.05, 4.69) is 26.9 Å². The molecule has 2 N–H and O–H groups in total. The number of carboxylic acids is 1. The van der Waals surface area contributed by atoms with Crippen LogP contribution in [-0.4, -0.2) is 66.0 Å². The lowest BCUT2D eigenvalue weighted by molar-refractivity contribution is -0.120. The second-order valence-electron chi connectivity index (χ2n) is 18.7. The molecule has 0 unspecified atom stereocenters. The summed E-state index contributed by atoms with van der Waals surface area (Å²) in [5, 5.41) is 17.5. The molecule has 334 valence electrons. The summed E-state index contributed by atoms with van der Waals surface area (Å²) in [5.74, 6) is 0.00108. The maximum absolute atomic E-state index is 13.8. The van der Waals surface area contributed by atoms with Crippen molar-refractivity contribution in [3.05, 3.63) is 155 Å². The molecule has 5 aromatic carbocycles. The van der Waals surface area contributed by atoms with Crippen molar-refractivity contribution in [2.75, 3.05) is 37.6 Å². The molecule has 66 heavy (non-hydrogen) atoms. The zero-order valence-electron chi connectivity index (χ0n) is 37.4. The van der Waals surface area contributed by atoms with Gasteiger partial charge in [0.2, 0.25) is 11.3 Å². The van der Waals surface area contributed by atoms with Crippen LogP contribution in [-0.2, 0) is 36.9 Å². The third-order valence-corrected chi connectivity index (χ3v) is 14.8. The molecule has 0 spiro atoms. The number of rotatable bonds is 10. The van der Waals surface area contributed by atoms with Gasteiger partial charge in [0, 0.05) is 99.3 Å². The topological polar surface area (TPSA) is 121 Å². The molecule has 6 heterocycles. The van der Waals surface area contributed by atoms with Crippen molar-refractivity contribution in [2.24, 2.45) is 0 Å². The van der Waals surface area contributed by atoms with Gasteiger partial charge in [-0.3, -0.25) is 19.0 Å². The lowest BCUT2D eigenvalue weighted by atomic mass is 9.81. The van der Waals surface area contributed by atoms with Crippen molar-refractivity contribution < 1.29 is 29.0 Å². The average Bonchev–Trinajstić information content (AvgIpc) is 3.58. The molecule has 5 aliphatic heterocycles. The fourth-order valence-corrected chi connectivity index (χ4v) is 11.7. The number of benzene rings is 5. The Morgan fingerprint density at radius 1 is 0.788 bits per heavy atom. The molecule has 6 aromatic rings. The molecule has 0 radical (unpaired) electrons. The van der Waals surface area contributed by atoms with Crippen LogP contribution in [0.15, 0.2) is 72.8 Å². The minimum absolute atomic E-state index is 0.0608. The van der Waals surface area contributed by atoms with Crippen LogP contribution >= 0.6 is 11.6 Å². The maximum atomic E-state index is 13.8. The van der Waals surface area contributed by atoms with E-state index < -0.39 is 5.97 Å². The minimum Gasteiger partial charge on any atom is -0.478 e. The van der Waals surface area contributed by atoms with Gasteiger partial charge in [-0.2, -0.15) is 0 Å². The van der Waals surface area contributed by atoms with Crippen LogP contribution in [0.1, 0.15) is 120 Å². The van der Waals surface area contributed by atoms with Crippen LogP contribution in [0.2, 0.25) is 5.02 Å². The lowest BCUT2D eigenvalue weighted by Crippen LogP contribution is -2.45. The Morgan fingerprint density at radius 2 is 1.53 bits per heavy atom. The first-order chi connectivity index (χ1) is 32.0. The molecule has 11 rings (SSSR count). The van der Waals surface area contributed by atoms with E-state index in [-0.39, 0.29) is 42.5 Å². The fraction of sp³-hybridized carbons (Fsp3) is 0.327. The van der Waals surface area contributed by atoms with E-state index in [0.29, 0.717) is 33.8 Å². The minimum atomic E-state index is -1.09. The normalized spacial score (nSPS) is 15.7. The molecular formula is C55H52ClN4O6+. The number of Topliss-reactive ketones (excluding diaryl/α,β-unsaturated/α-hetero) is 1. The van der Waals surface area contributed by atoms with Crippen molar-refractivity contribution in [2.45, 2.75) is 84.5 Å². The molecule has 10 nitrogen and oxygen atoms in total. The zero-order chi connectivity index (χ0) is 45.4. The summed E-state index contributed by atoms with van der Waals surface area (Å²) >= 11 is 6.10. The molecule has 5 aliphatic rings. The van der Waals surface area contributed by atoms with E-state index in [1.165, 1.54) is 33.3 Å². The number of amides is 1. The number of nitrogens with zero attached hydrogens (tertiary/aromatic N) is 3.